The first kappa shape index (κ1) is 19.8. The third-order valence-corrected chi connectivity index (χ3v) is 5.11. The van der Waals surface area contributed by atoms with Gasteiger partial charge in [0.2, 0.25) is 11.8 Å². The number of hydrogen-bond acceptors (Lipinski definition) is 6. The van der Waals surface area contributed by atoms with Gasteiger partial charge in [0, 0.05) is 13.2 Å². The van der Waals surface area contributed by atoms with Crippen molar-refractivity contribution in [2.24, 2.45) is 12.0 Å². The molecule has 8 nitrogen and oxygen atoms in total. The van der Waals surface area contributed by atoms with E-state index >= 15 is 0 Å². The van der Waals surface area contributed by atoms with E-state index in [2.05, 4.69) is 20.4 Å². The lowest BCUT2D eigenvalue weighted by Gasteiger charge is -2.20. The van der Waals surface area contributed by atoms with Gasteiger partial charge in [-0.05, 0) is 23.3 Å². The number of benzene rings is 1. The number of nitrogens with one attached hydrogen (secondary N) is 1. The van der Waals surface area contributed by atoms with E-state index < -0.39 is 0 Å². The highest BCUT2D eigenvalue weighted by atomic mass is 16.5. The molecule has 1 amide bonds. The summed E-state index contributed by atoms with van der Waals surface area (Å²) in [5.41, 5.74) is 4.52. The molecule has 8 heteroatoms. The van der Waals surface area contributed by atoms with Crippen molar-refractivity contribution in [2.75, 3.05) is 7.11 Å². The maximum absolute atomic E-state index is 12.9. The number of pyridine rings is 1. The summed E-state index contributed by atoms with van der Waals surface area (Å²) in [5, 5.41) is 17.1. The zero-order valence-electron chi connectivity index (χ0n) is 16.9. The van der Waals surface area contributed by atoms with E-state index in [-0.39, 0.29) is 25.0 Å². The molecule has 2 aromatic heterocycles. The minimum absolute atomic E-state index is 0.0871. The Bertz CT molecular complexity index is 1090. The Kier molecular flexibility index (Phi) is 5.58. The fourth-order valence-corrected chi connectivity index (χ4v) is 3.73. The van der Waals surface area contributed by atoms with Gasteiger partial charge in [-0.3, -0.25) is 14.5 Å². The smallest absolute Gasteiger partial charge is 0.226 e. The molecule has 2 N–H and O–H groups in total. The number of aromatic nitrogens is 3. The maximum Gasteiger partial charge on any atom is 0.226 e. The molecule has 154 valence electrons. The van der Waals surface area contributed by atoms with Gasteiger partial charge in [0.15, 0.2) is 0 Å². The summed E-state index contributed by atoms with van der Waals surface area (Å²) in [6, 6.07) is 13.2. The molecule has 4 rings (SSSR count). The van der Waals surface area contributed by atoms with Crippen molar-refractivity contribution in [2.45, 2.75) is 25.6 Å². The average molecular weight is 405 g/mol. The number of rotatable bonds is 6. The summed E-state index contributed by atoms with van der Waals surface area (Å²) in [6.07, 6.45) is 1.80. The number of hydrogen-bond donors (Lipinski definition) is 2. The number of amides is 1. The summed E-state index contributed by atoms with van der Waals surface area (Å²) in [7, 11) is 3.39. The number of carbonyl (C=O) groups is 1. The second kappa shape index (κ2) is 8.46. The molecule has 1 aromatic carbocycles. The summed E-state index contributed by atoms with van der Waals surface area (Å²) in [5.74, 6) is 0.296. The van der Waals surface area contributed by atoms with Crippen LogP contribution in [0.2, 0.25) is 0 Å². The Balaban J connectivity index is 1.57. The molecular formula is C22H23N5O3. The lowest BCUT2D eigenvalue weighted by atomic mass is 10.0. The van der Waals surface area contributed by atoms with Crippen LogP contribution >= 0.6 is 0 Å². The van der Waals surface area contributed by atoms with E-state index in [0.717, 1.165) is 22.4 Å². The van der Waals surface area contributed by atoms with Gasteiger partial charge in [0.1, 0.15) is 0 Å². The Morgan fingerprint density at radius 3 is 2.77 bits per heavy atom. The molecule has 0 saturated heterocycles. The molecule has 3 heterocycles. The molecule has 0 fully saturated rings. The molecule has 30 heavy (non-hydrogen) atoms. The van der Waals surface area contributed by atoms with Gasteiger partial charge in [-0.2, -0.15) is 5.10 Å². The van der Waals surface area contributed by atoms with Crippen LogP contribution < -0.4 is 5.32 Å². The van der Waals surface area contributed by atoms with Crippen molar-refractivity contribution in [1.82, 2.24) is 20.1 Å². The predicted octanol–water partition coefficient (Wildman–Crippen LogP) is 1.66. The number of carbonyl (C=O) groups excluding carboxylic acids is 1. The van der Waals surface area contributed by atoms with Crippen LogP contribution in [0.3, 0.4) is 0 Å². The van der Waals surface area contributed by atoms with Gasteiger partial charge in [0.25, 0.3) is 0 Å². The lowest BCUT2D eigenvalue weighted by molar-refractivity contribution is -0.121. The first-order valence-corrected chi connectivity index (χ1v) is 9.64. The minimum atomic E-state index is -0.332. The van der Waals surface area contributed by atoms with E-state index in [1.807, 2.05) is 49.5 Å². The molecule has 0 unspecified atom stereocenters. The molecule has 0 saturated carbocycles. The number of ether oxygens (including phenoxy) is 1. The molecule has 3 aromatic rings. The number of aryl methyl sites for hydroxylation is 1. The van der Waals surface area contributed by atoms with Crippen LogP contribution in [0.15, 0.2) is 53.7 Å². The van der Waals surface area contributed by atoms with Crippen LogP contribution in [-0.4, -0.2) is 38.8 Å². The van der Waals surface area contributed by atoms with Crippen molar-refractivity contribution in [1.29, 1.82) is 0 Å². The van der Waals surface area contributed by atoms with Crippen molar-refractivity contribution < 1.29 is 14.6 Å². The van der Waals surface area contributed by atoms with Gasteiger partial charge < -0.3 is 15.2 Å². The molecule has 1 atom stereocenters. The van der Waals surface area contributed by atoms with Crippen LogP contribution in [0.5, 0.6) is 0 Å². The number of aliphatic imine (C=N–C) groups is 1. The van der Waals surface area contributed by atoms with Crippen LogP contribution in [0.1, 0.15) is 39.8 Å². The van der Waals surface area contributed by atoms with Crippen molar-refractivity contribution >= 4 is 11.8 Å². The molecule has 0 bridgehead atoms. The topological polar surface area (TPSA) is 102 Å². The highest BCUT2D eigenvalue weighted by Crippen LogP contribution is 2.25. The highest BCUT2D eigenvalue weighted by molar-refractivity contribution is 5.98. The SMILES string of the molecule is COC1=NCc2cc(CC(=O)N[C@@H](c3ccccc3)c3ccnn3C)nc(CO)c21. The fraction of sp³-hybridized carbons (Fsp3) is 0.273. The lowest BCUT2D eigenvalue weighted by Crippen LogP contribution is -2.32. The summed E-state index contributed by atoms with van der Waals surface area (Å²) < 4.78 is 7.02. The first-order chi connectivity index (χ1) is 14.6. The predicted molar refractivity (Wildman–Crippen MR) is 111 cm³/mol. The van der Waals surface area contributed by atoms with Crippen molar-refractivity contribution in [3.63, 3.8) is 0 Å². The van der Waals surface area contributed by atoms with Crippen LogP contribution in [0, 0.1) is 0 Å². The monoisotopic (exact) mass is 405 g/mol. The number of methoxy groups -OCH3 is 1. The first-order valence-electron chi connectivity index (χ1n) is 9.64. The number of nitrogens with zero attached hydrogens (tertiary/aromatic N) is 4. The molecule has 0 aliphatic carbocycles. The number of fused-ring (bicyclic) bond motifs is 1. The largest absolute Gasteiger partial charge is 0.481 e. The second-order valence-corrected chi connectivity index (χ2v) is 7.05. The van der Waals surface area contributed by atoms with Gasteiger partial charge in [-0.25, -0.2) is 4.99 Å². The van der Waals surface area contributed by atoms with Gasteiger partial charge in [0.05, 0.1) is 55.4 Å². The summed E-state index contributed by atoms with van der Waals surface area (Å²) in [4.78, 5) is 21.7. The summed E-state index contributed by atoms with van der Waals surface area (Å²) >= 11 is 0. The highest BCUT2D eigenvalue weighted by Gasteiger charge is 2.24. The zero-order valence-corrected chi connectivity index (χ0v) is 16.9. The van der Waals surface area contributed by atoms with E-state index in [4.69, 9.17) is 4.74 Å². The van der Waals surface area contributed by atoms with E-state index in [0.29, 0.717) is 23.8 Å². The minimum Gasteiger partial charge on any atom is -0.481 e. The van der Waals surface area contributed by atoms with Crippen LogP contribution in [-0.2, 0) is 36.2 Å². The van der Waals surface area contributed by atoms with E-state index in [1.54, 1.807) is 18.0 Å². The molecular weight excluding hydrogens is 382 g/mol. The third kappa shape index (κ3) is 3.81. The molecule has 1 aliphatic rings. The molecule has 0 radical (unpaired) electrons. The third-order valence-electron chi connectivity index (χ3n) is 5.11. The normalized spacial score (nSPS) is 13.5. The Hall–Kier alpha value is -3.52. The van der Waals surface area contributed by atoms with Crippen molar-refractivity contribution in [3.8, 4) is 0 Å². The zero-order chi connectivity index (χ0) is 21.1. The number of aliphatic hydroxyl groups excluding tert-OH is 1. The standard InChI is InChI=1S/C22H23N5O3/c1-27-18(8-9-24-27)21(14-6-4-3-5-7-14)26-19(29)11-16-10-15-12-23-22(30-2)20(15)17(13-28)25-16/h3-10,21,28H,11-13H2,1-2H3,(H,26,29)/t21-/m0/s1. The van der Waals surface area contributed by atoms with Crippen LogP contribution in [0.25, 0.3) is 0 Å². The fourth-order valence-electron chi connectivity index (χ4n) is 3.73. The van der Waals surface area contributed by atoms with Gasteiger partial charge in [-0.1, -0.05) is 30.3 Å². The second-order valence-electron chi connectivity index (χ2n) is 7.05. The van der Waals surface area contributed by atoms with Gasteiger partial charge >= 0.3 is 0 Å². The summed E-state index contributed by atoms with van der Waals surface area (Å²) in [6.45, 7) is 0.201. The van der Waals surface area contributed by atoms with E-state index in [1.165, 1.54) is 0 Å². The molecule has 0 spiro atoms. The molecule has 1 aliphatic heterocycles. The average Bonchev–Trinajstić information content (AvgIpc) is 3.37. The maximum atomic E-state index is 12.9. The Labute approximate surface area is 174 Å². The van der Waals surface area contributed by atoms with Crippen LogP contribution in [0.4, 0.5) is 0 Å². The Morgan fingerprint density at radius 2 is 2.10 bits per heavy atom. The Morgan fingerprint density at radius 1 is 1.30 bits per heavy atom. The van der Waals surface area contributed by atoms with Gasteiger partial charge in [-0.15, -0.1) is 0 Å². The number of aliphatic hydroxyl groups is 1. The van der Waals surface area contributed by atoms with E-state index in [9.17, 15) is 9.90 Å². The van der Waals surface area contributed by atoms with Crippen molar-refractivity contribution in [3.05, 3.63) is 82.4 Å². The quantitative estimate of drug-likeness (QED) is 0.650.